The molecule has 256 valence electrons. The predicted octanol–water partition coefficient (Wildman–Crippen LogP) is 5.50. The fourth-order valence-corrected chi connectivity index (χ4v) is 5.04. The number of rotatable bonds is 11. The van der Waals surface area contributed by atoms with E-state index in [2.05, 4.69) is 20.3 Å². The van der Waals surface area contributed by atoms with Crippen molar-refractivity contribution >= 4 is 23.7 Å². The summed E-state index contributed by atoms with van der Waals surface area (Å²) in [5.74, 6) is -1.40. The van der Waals surface area contributed by atoms with Crippen molar-refractivity contribution in [2.45, 2.75) is 57.0 Å². The number of alkyl halides is 6. The molecule has 3 heterocycles. The molecule has 0 unspecified atom stereocenters. The highest BCUT2D eigenvalue weighted by atomic mass is 19.4. The first-order valence-electron chi connectivity index (χ1n) is 14.4. The van der Waals surface area contributed by atoms with E-state index in [1.165, 1.54) is 12.3 Å². The number of ether oxygens (including phenoxy) is 2. The molecule has 0 aliphatic carbocycles. The van der Waals surface area contributed by atoms with Gasteiger partial charge < -0.3 is 25.0 Å². The number of benzene rings is 1. The Hall–Kier alpha value is -5.18. The van der Waals surface area contributed by atoms with Crippen LogP contribution in [0.5, 0.6) is 5.75 Å². The van der Waals surface area contributed by atoms with Crippen molar-refractivity contribution in [3.63, 3.8) is 0 Å². The number of pyridine rings is 1. The lowest BCUT2D eigenvalue weighted by Crippen LogP contribution is -2.46. The summed E-state index contributed by atoms with van der Waals surface area (Å²) in [5.41, 5.74) is -2.75. The Bertz CT molecular complexity index is 1700. The van der Waals surface area contributed by atoms with E-state index in [1.54, 1.807) is 13.0 Å². The van der Waals surface area contributed by atoms with Crippen molar-refractivity contribution in [2.75, 3.05) is 30.0 Å². The zero-order valence-corrected chi connectivity index (χ0v) is 25.1. The zero-order valence-electron chi connectivity index (χ0n) is 25.1. The molecule has 2 atom stereocenters. The Morgan fingerprint density at radius 3 is 2.48 bits per heavy atom. The van der Waals surface area contributed by atoms with Gasteiger partial charge in [-0.1, -0.05) is 6.92 Å². The number of nitrogens with zero attached hydrogens (tertiary/aromatic N) is 5. The first kappa shape index (κ1) is 35.7. The summed E-state index contributed by atoms with van der Waals surface area (Å²) < 4.78 is 92.3. The van der Waals surface area contributed by atoms with E-state index in [4.69, 9.17) is 14.6 Å². The van der Waals surface area contributed by atoms with Crippen molar-refractivity contribution in [1.82, 2.24) is 15.0 Å². The van der Waals surface area contributed by atoms with Gasteiger partial charge in [0.05, 0.1) is 59.5 Å². The van der Waals surface area contributed by atoms with Gasteiger partial charge in [0.2, 0.25) is 5.95 Å². The van der Waals surface area contributed by atoms with E-state index in [1.807, 2.05) is 0 Å². The van der Waals surface area contributed by atoms with Crippen molar-refractivity contribution in [1.29, 1.82) is 5.26 Å². The molecule has 0 saturated heterocycles. The summed E-state index contributed by atoms with van der Waals surface area (Å²) in [6, 6.07) is 4.51. The van der Waals surface area contributed by atoms with Crippen LogP contribution < -0.4 is 15.0 Å². The molecular formula is C30H28F6N6O6. The molecular weight excluding hydrogens is 654 g/mol. The van der Waals surface area contributed by atoms with E-state index in [0.717, 1.165) is 17.0 Å². The lowest BCUT2D eigenvalue weighted by molar-refractivity contribution is -0.141. The fourth-order valence-electron chi connectivity index (χ4n) is 5.04. The normalized spacial score (nSPS) is 16.1. The van der Waals surface area contributed by atoms with Crippen molar-refractivity contribution in [3.05, 3.63) is 70.3 Å². The molecule has 18 heteroatoms. The van der Waals surface area contributed by atoms with E-state index in [0.29, 0.717) is 18.6 Å². The molecule has 1 aromatic carbocycles. The van der Waals surface area contributed by atoms with Gasteiger partial charge in [0.15, 0.2) is 5.75 Å². The predicted molar refractivity (Wildman–Crippen MR) is 154 cm³/mol. The summed E-state index contributed by atoms with van der Waals surface area (Å²) in [6.45, 7) is 0.608. The molecule has 12 nitrogen and oxygen atoms in total. The standard InChI is InChI=1S/C30H28F6N6O6/c1-2-19-13-21(26-22(3-4-24(41-26)30(34,35)36)42(19)28(46)48-7-5-25(44)45)40-27-38-15-23(47-8-6-43)20(39-27)12-16-9-17(14-37)11-18(10-16)29(31,32)33/h3-4,9-11,15,19,21,43H,2,5-8,12-13H2,1H3,(H,44,45)(H,38,39,40)/t19-,21+/m1/s1. The van der Waals surface area contributed by atoms with Crippen LogP contribution >= 0.6 is 0 Å². The lowest BCUT2D eigenvalue weighted by Gasteiger charge is -2.39. The number of hydrogen-bond acceptors (Lipinski definition) is 10. The van der Waals surface area contributed by atoms with Crippen LogP contribution in [-0.2, 0) is 28.3 Å². The number of nitrogens with one attached hydrogen (secondary N) is 1. The Balaban J connectivity index is 1.74. The third-order valence-electron chi connectivity index (χ3n) is 7.17. The summed E-state index contributed by atoms with van der Waals surface area (Å²) in [6.07, 6.45) is -9.92. The Kier molecular flexibility index (Phi) is 10.9. The highest BCUT2D eigenvalue weighted by molar-refractivity contribution is 5.90. The summed E-state index contributed by atoms with van der Waals surface area (Å²) >= 11 is 0. The van der Waals surface area contributed by atoms with Gasteiger partial charge in [0.1, 0.15) is 18.9 Å². The Morgan fingerprint density at radius 1 is 1.10 bits per heavy atom. The SMILES string of the molecule is CC[C@@H]1C[C@H](Nc2ncc(OCCO)c(Cc3cc(C#N)cc(C(F)(F)F)c3)n2)c2nc(C(F)(F)F)ccc2N1C(=O)OCCC(=O)O. The number of aliphatic hydroxyl groups excluding tert-OH is 1. The molecule has 0 spiro atoms. The summed E-state index contributed by atoms with van der Waals surface area (Å²) in [4.78, 5) is 37.3. The van der Waals surface area contributed by atoms with Crippen LogP contribution in [0.1, 0.15) is 66.0 Å². The molecule has 48 heavy (non-hydrogen) atoms. The first-order chi connectivity index (χ1) is 22.6. The van der Waals surface area contributed by atoms with Crippen LogP contribution in [0.25, 0.3) is 0 Å². The average molecular weight is 683 g/mol. The molecule has 1 amide bonds. The number of carbonyl (C=O) groups excluding carboxylic acids is 1. The minimum absolute atomic E-state index is 0.00578. The smallest absolute Gasteiger partial charge is 0.433 e. The molecule has 0 saturated carbocycles. The molecule has 2 aromatic heterocycles. The summed E-state index contributed by atoms with van der Waals surface area (Å²) in [7, 11) is 0. The fraction of sp³-hybridized carbons (Fsp3) is 0.400. The number of nitriles is 1. The van der Waals surface area contributed by atoms with Crippen molar-refractivity contribution in [2.24, 2.45) is 0 Å². The topological polar surface area (TPSA) is 171 Å². The maximum absolute atomic E-state index is 13.7. The van der Waals surface area contributed by atoms with Crippen LogP contribution in [0.4, 0.5) is 42.8 Å². The molecule has 3 aromatic rings. The molecule has 1 aliphatic heterocycles. The number of halogens is 6. The summed E-state index contributed by atoms with van der Waals surface area (Å²) in [5, 5.41) is 30.3. The molecule has 3 N–H and O–H groups in total. The molecule has 0 fully saturated rings. The van der Waals surface area contributed by atoms with Crippen molar-refractivity contribution in [3.8, 4) is 11.8 Å². The van der Waals surface area contributed by atoms with Gasteiger partial charge >= 0.3 is 24.4 Å². The number of aliphatic hydroxyl groups is 1. The lowest BCUT2D eigenvalue weighted by atomic mass is 9.93. The monoisotopic (exact) mass is 682 g/mol. The number of aromatic nitrogens is 3. The number of anilines is 2. The first-order valence-corrected chi connectivity index (χ1v) is 14.4. The molecule has 4 rings (SSSR count). The molecule has 0 radical (unpaired) electrons. The van der Waals surface area contributed by atoms with Gasteiger partial charge in [-0.2, -0.15) is 31.6 Å². The molecule has 1 aliphatic rings. The third-order valence-corrected chi connectivity index (χ3v) is 7.17. The van der Waals surface area contributed by atoms with E-state index < -0.39 is 67.4 Å². The number of carboxylic acid groups (broad SMARTS) is 1. The van der Waals surface area contributed by atoms with Crippen LogP contribution in [0, 0.1) is 11.3 Å². The second-order valence-electron chi connectivity index (χ2n) is 10.5. The van der Waals surface area contributed by atoms with E-state index >= 15 is 0 Å². The number of hydrogen-bond donors (Lipinski definition) is 3. The van der Waals surface area contributed by atoms with Gasteiger partial charge in [-0.3, -0.25) is 9.69 Å². The van der Waals surface area contributed by atoms with Gasteiger partial charge in [-0.05, 0) is 48.7 Å². The largest absolute Gasteiger partial charge is 0.488 e. The number of aliphatic carboxylic acids is 1. The van der Waals surface area contributed by atoms with Crippen LogP contribution in [0.15, 0.2) is 36.5 Å². The average Bonchev–Trinajstić information content (AvgIpc) is 3.02. The number of carbonyl (C=O) groups is 2. The van der Waals surface area contributed by atoms with E-state index in [9.17, 15) is 46.3 Å². The van der Waals surface area contributed by atoms with Gasteiger partial charge in [-0.25, -0.2) is 19.7 Å². The Labute approximate surface area is 269 Å². The molecule has 0 bridgehead atoms. The highest BCUT2D eigenvalue weighted by Crippen LogP contribution is 2.41. The van der Waals surface area contributed by atoms with Gasteiger partial charge in [-0.15, -0.1) is 0 Å². The maximum Gasteiger partial charge on any atom is 0.433 e. The second kappa shape index (κ2) is 14.7. The Morgan fingerprint density at radius 2 is 1.85 bits per heavy atom. The maximum atomic E-state index is 13.7. The number of fused-ring (bicyclic) bond motifs is 1. The second-order valence-corrected chi connectivity index (χ2v) is 10.5. The third kappa shape index (κ3) is 8.59. The van der Waals surface area contributed by atoms with Gasteiger partial charge in [0, 0.05) is 12.5 Å². The number of carboxylic acids is 1. The van der Waals surface area contributed by atoms with Crippen LogP contribution in [0.3, 0.4) is 0 Å². The van der Waals surface area contributed by atoms with Crippen LogP contribution in [-0.4, -0.2) is 63.1 Å². The number of amides is 1. The minimum Gasteiger partial charge on any atom is -0.488 e. The van der Waals surface area contributed by atoms with Crippen molar-refractivity contribution < 1.29 is 55.6 Å². The van der Waals surface area contributed by atoms with Gasteiger partial charge in [0.25, 0.3) is 0 Å². The van der Waals surface area contributed by atoms with Crippen LogP contribution in [0.2, 0.25) is 0 Å². The zero-order chi connectivity index (χ0) is 35.2. The quantitative estimate of drug-likeness (QED) is 0.218. The highest BCUT2D eigenvalue weighted by Gasteiger charge is 2.41. The van der Waals surface area contributed by atoms with E-state index in [-0.39, 0.29) is 59.3 Å². The minimum atomic E-state index is -4.85.